The number of hydrogen-bond acceptors (Lipinski definition) is 6. The maximum atomic E-state index is 12.0. The number of amides is 1. The Hall–Kier alpha value is -2.45. The average Bonchev–Trinajstić information content (AvgIpc) is 3.21. The smallest absolute Gasteiger partial charge is 0.239 e. The van der Waals surface area contributed by atoms with Crippen molar-refractivity contribution in [2.45, 2.75) is 19.6 Å². The predicted molar refractivity (Wildman–Crippen MR) is 93.9 cm³/mol. The Kier molecular flexibility index (Phi) is 4.14. The lowest BCUT2D eigenvalue weighted by atomic mass is 10.3. The van der Waals surface area contributed by atoms with Gasteiger partial charge in [0.05, 0.1) is 41.2 Å². The Morgan fingerprint density at radius 1 is 1.38 bits per heavy atom. The predicted octanol–water partition coefficient (Wildman–Crippen LogP) is 1.32. The van der Waals surface area contributed by atoms with Crippen LogP contribution < -0.4 is 16.0 Å². The summed E-state index contributed by atoms with van der Waals surface area (Å²) in [4.78, 5) is 16.5. The second kappa shape index (κ2) is 6.58. The van der Waals surface area contributed by atoms with Gasteiger partial charge in [0.15, 0.2) is 5.13 Å². The SMILES string of the molecule is O=C(CNc1nc2ccccc2s1)NCc1cc2n(n1)CCNC2. The molecule has 1 aliphatic rings. The van der Waals surface area contributed by atoms with E-state index in [9.17, 15) is 4.79 Å². The van der Waals surface area contributed by atoms with E-state index in [0.29, 0.717) is 6.54 Å². The van der Waals surface area contributed by atoms with Gasteiger partial charge in [-0.1, -0.05) is 23.5 Å². The van der Waals surface area contributed by atoms with E-state index in [2.05, 4.69) is 26.0 Å². The minimum absolute atomic E-state index is 0.0710. The van der Waals surface area contributed by atoms with E-state index in [-0.39, 0.29) is 12.5 Å². The fourth-order valence-corrected chi connectivity index (χ4v) is 3.56. The maximum Gasteiger partial charge on any atom is 0.239 e. The molecule has 24 heavy (non-hydrogen) atoms. The van der Waals surface area contributed by atoms with Gasteiger partial charge in [-0.25, -0.2) is 4.98 Å². The molecule has 0 unspecified atom stereocenters. The first kappa shape index (κ1) is 15.1. The van der Waals surface area contributed by atoms with Crippen molar-refractivity contribution in [3.8, 4) is 0 Å². The number of carbonyl (C=O) groups excluding carboxylic acids is 1. The number of para-hydroxylation sites is 1. The fourth-order valence-electron chi connectivity index (χ4n) is 2.69. The molecule has 0 fully saturated rings. The summed E-state index contributed by atoms with van der Waals surface area (Å²) in [5, 5.41) is 14.5. The second-order valence-corrected chi connectivity index (χ2v) is 6.67. The molecule has 0 atom stereocenters. The van der Waals surface area contributed by atoms with E-state index in [0.717, 1.165) is 46.4 Å². The summed E-state index contributed by atoms with van der Waals surface area (Å²) in [5.41, 5.74) is 3.00. The van der Waals surface area contributed by atoms with Gasteiger partial charge in [-0.3, -0.25) is 9.48 Å². The maximum absolute atomic E-state index is 12.0. The second-order valence-electron chi connectivity index (χ2n) is 5.64. The average molecular weight is 342 g/mol. The standard InChI is InChI=1S/C16H18N6OS/c23-15(10-19-16-20-13-3-1-2-4-14(13)24-16)18-8-11-7-12-9-17-5-6-22(12)21-11/h1-4,7,17H,5-6,8-10H2,(H,18,23)(H,19,20). The van der Waals surface area contributed by atoms with Crippen molar-refractivity contribution in [1.29, 1.82) is 0 Å². The van der Waals surface area contributed by atoms with E-state index in [1.165, 1.54) is 0 Å². The molecule has 1 aliphatic heterocycles. The van der Waals surface area contributed by atoms with E-state index in [1.807, 2.05) is 35.0 Å². The molecule has 1 amide bonds. The number of anilines is 1. The topological polar surface area (TPSA) is 83.9 Å². The number of thiazole rings is 1. The first-order chi connectivity index (χ1) is 11.8. The van der Waals surface area contributed by atoms with Crippen LogP contribution in [0.4, 0.5) is 5.13 Å². The normalized spacial score (nSPS) is 13.7. The van der Waals surface area contributed by atoms with Crippen molar-refractivity contribution in [3.05, 3.63) is 41.7 Å². The van der Waals surface area contributed by atoms with Crippen LogP contribution in [0.15, 0.2) is 30.3 Å². The van der Waals surface area contributed by atoms with Crippen LogP contribution in [0.25, 0.3) is 10.2 Å². The number of fused-ring (bicyclic) bond motifs is 2. The van der Waals surface area contributed by atoms with Crippen LogP contribution in [0.2, 0.25) is 0 Å². The highest BCUT2D eigenvalue weighted by Gasteiger charge is 2.12. The van der Waals surface area contributed by atoms with Gasteiger partial charge in [-0.2, -0.15) is 5.10 Å². The number of nitrogens with one attached hydrogen (secondary N) is 3. The minimum atomic E-state index is -0.0710. The van der Waals surface area contributed by atoms with Gasteiger partial charge >= 0.3 is 0 Å². The lowest BCUT2D eigenvalue weighted by Gasteiger charge is -2.13. The van der Waals surface area contributed by atoms with Crippen molar-refractivity contribution in [3.63, 3.8) is 0 Å². The van der Waals surface area contributed by atoms with Crippen molar-refractivity contribution in [1.82, 2.24) is 25.4 Å². The summed E-state index contributed by atoms with van der Waals surface area (Å²) < 4.78 is 3.11. The molecule has 0 radical (unpaired) electrons. The van der Waals surface area contributed by atoms with Crippen molar-refractivity contribution < 1.29 is 4.79 Å². The lowest BCUT2D eigenvalue weighted by molar-refractivity contribution is -0.119. The number of aromatic nitrogens is 3. The Morgan fingerprint density at radius 2 is 2.29 bits per heavy atom. The number of nitrogens with zero attached hydrogens (tertiary/aromatic N) is 3. The zero-order valence-corrected chi connectivity index (χ0v) is 13.9. The van der Waals surface area contributed by atoms with Crippen LogP contribution in [0.5, 0.6) is 0 Å². The van der Waals surface area contributed by atoms with Gasteiger partial charge in [0, 0.05) is 13.1 Å². The highest BCUT2D eigenvalue weighted by molar-refractivity contribution is 7.22. The van der Waals surface area contributed by atoms with Crippen LogP contribution in [0, 0.1) is 0 Å². The molecule has 4 rings (SSSR count). The van der Waals surface area contributed by atoms with Gasteiger partial charge in [0.1, 0.15) is 0 Å². The summed E-state index contributed by atoms with van der Waals surface area (Å²) >= 11 is 1.55. The third-order valence-corrected chi connectivity index (χ3v) is 4.88. The molecular weight excluding hydrogens is 324 g/mol. The Morgan fingerprint density at radius 3 is 3.17 bits per heavy atom. The van der Waals surface area contributed by atoms with Gasteiger partial charge in [0.25, 0.3) is 0 Å². The highest BCUT2D eigenvalue weighted by Crippen LogP contribution is 2.24. The summed E-state index contributed by atoms with van der Waals surface area (Å²) in [6.45, 7) is 3.30. The van der Waals surface area contributed by atoms with E-state index in [1.54, 1.807) is 11.3 Å². The molecule has 124 valence electrons. The molecule has 3 heterocycles. The number of hydrogen-bond donors (Lipinski definition) is 3. The van der Waals surface area contributed by atoms with Crippen LogP contribution >= 0.6 is 11.3 Å². The quantitative estimate of drug-likeness (QED) is 0.651. The monoisotopic (exact) mass is 342 g/mol. The Balaban J connectivity index is 1.29. The van der Waals surface area contributed by atoms with E-state index >= 15 is 0 Å². The zero-order chi connectivity index (χ0) is 16.4. The molecule has 0 saturated heterocycles. The van der Waals surface area contributed by atoms with Gasteiger partial charge < -0.3 is 16.0 Å². The van der Waals surface area contributed by atoms with E-state index in [4.69, 9.17) is 0 Å². The lowest BCUT2D eigenvalue weighted by Crippen LogP contribution is -2.29. The van der Waals surface area contributed by atoms with Crippen LogP contribution in [-0.4, -0.2) is 33.8 Å². The van der Waals surface area contributed by atoms with Crippen LogP contribution in [0.3, 0.4) is 0 Å². The van der Waals surface area contributed by atoms with E-state index < -0.39 is 0 Å². The van der Waals surface area contributed by atoms with Crippen molar-refractivity contribution in [2.75, 3.05) is 18.4 Å². The summed E-state index contributed by atoms with van der Waals surface area (Å²) in [5.74, 6) is -0.0710. The number of rotatable bonds is 5. The molecule has 0 saturated carbocycles. The summed E-state index contributed by atoms with van der Waals surface area (Å²) in [6, 6.07) is 9.96. The molecule has 8 heteroatoms. The molecule has 0 bridgehead atoms. The van der Waals surface area contributed by atoms with Crippen LogP contribution in [-0.2, 0) is 24.4 Å². The van der Waals surface area contributed by atoms with Crippen LogP contribution in [0.1, 0.15) is 11.4 Å². The molecule has 0 spiro atoms. The van der Waals surface area contributed by atoms with Gasteiger partial charge in [0.2, 0.25) is 5.91 Å². The first-order valence-electron chi connectivity index (χ1n) is 7.90. The number of carbonyl (C=O) groups is 1. The molecule has 3 N–H and O–H groups in total. The van der Waals surface area contributed by atoms with Gasteiger partial charge in [-0.15, -0.1) is 0 Å². The molecule has 7 nitrogen and oxygen atoms in total. The fraction of sp³-hybridized carbons (Fsp3) is 0.312. The highest BCUT2D eigenvalue weighted by atomic mass is 32.1. The third kappa shape index (κ3) is 3.24. The Labute approximate surface area is 143 Å². The third-order valence-electron chi connectivity index (χ3n) is 3.88. The zero-order valence-electron chi connectivity index (χ0n) is 13.1. The molecule has 3 aromatic rings. The Bertz CT molecular complexity index is 814. The summed E-state index contributed by atoms with van der Waals surface area (Å²) in [7, 11) is 0. The number of benzene rings is 1. The first-order valence-corrected chi connectivity index (χ1v) is 8.72. The molecular formula is C16H18N6OS. The minimum Gasteiger partial charge on any atom is -0.352 e. The molecule has 0 aliphatic carbocycles. The summed E-state index contributed by atoms with van der Waals surface area (Å²) in [6.07, 6.45) is 0. The molecule has 1 aromatic carbocycles. The van der Waals surface area contributed by atoms with Gasteiger partial charge in [-0.05, 0) is 18.2 Å². The molecule has 2 aromatic heterocycles. The van der Waals surface area contributed by atoms with Crippen molar-refractivity contribution in [2.24, 2.45) is 0 Å². The van der Waals surface area contributed by atoms with Crippen molar-refractivity contribution >= 4 is 32.6 Å². The largest absolute Gasteiger partial charge is 0.352 e.